The van der Waals surface area contributed by atoms with Crippen molar-refractivity contribution in [1.29, 1.82) is 0 Å². The Labute approximate surface area is 89.0 Å². The quantitative estimate of drug-likeness (QED) is 0.832. The average molecular weight is 254 g/mol. The largest absolute Gasteiger partial charge is 0.311 e. The molecule has 1 N–H and O–H groups in total. The van der Waals surface area contributed by atoms with E-state index in [0.717, 1.165) is 15.4 Å². The minimum atomic E-state index is 0.582. The zero-order chi connectivity index (χ0) is 10.1. The first-order valence-electron chi connectivity index (χ1n) is 4.05. The van der Waals surface area contributed by atoms with Crippen LogP contribution in [0.2, 0.25) is 0 Å². The maximum Gasteiger partial charge on any atom is 0.212 e. The van der Waals surface area contributed by atoms with Gasteiger partial charge in [0, 0.05) is 16.9 Å². The number of halogens is 1. The number of aromatic nitrogens is 2. The van der Waals surface area contributed by atoms with Crippen LogP contribution in [0.1, 0.15) is 0 Å². The molecule has 2 aromatic rings. The second-order valence-corrected chi connectivity index (χ2v) is 3.81. The summed E-state index contributed by atoms with van der Waals surface area (Å²) in [4.78, 5) is 10.3. The number of amides is 1. The molecule has 1 aromatic heterocycles. The molecule has 0 aliphatic carbocycles. The van der Waals surface area contributed by atoms with E-state index in [-0.39, 0.29) is 0 Å². The highest BCUT2D eigenvalue weighted by atomic mass is 79.9. The van der Waals surface area contributed by atoms with Crippen LogP contribution in [0.3, 0.4) is 0 Å². The van der Waals surface area contributed by atoms with Gasteiger partial charge in [-0.1, -0.05) is 15.9 Å². The highest BCUT2D eigenvalue weighted by molar-refractivity contribution is 9.10. The summed E-state index contributed by atoms with van der Waals surface area (Å²) in [6.07, 6.45) is 0.628. The first-order chi connectivity index (χ1) is 6.72. The van der Waals surface area contributed by atoms with Crippen LogP contribution in [0.15, 0.2) is 22.7 Å². The highest BCUT2D eigenvalue weighted by Crippen LogP contribution is 2.25. The van der Waals surface area contributed by atoms with Gasteiger partial charge in [0.25, 0.3) is 0 Å². The van der Waals surface area contributed by atoms with Crippen molar-refractivity contribution in [3.05, 3.63) is 22.7 Å². The minimum Gasteiger partial charge on any atom is -0.311 e. The van der Waals surface area contributed by atoms with Crippen LogP contribution in [-0.4, -0.2) is 16.2 Å². The van der Waals surface area contributed by atoms with Gasteiger partial charge in [0.05, 0.1) is 5.52 Å². The Kier molecular flexibility index (Phi) is 2.25. The number of carbonyl (C=O) groups is 1. The average Bonchev–Trinajstić information content (AvgIpc) is 2.44. The Morgan fingerprint density at radius 2 is 2.36 bits per heavy atom. The molecular formula is C9H8BrN3O. The molecule has 0 radical (unpaired) electrons. The Morgan fingerprint density at radius 3 is 3.07 bits per heavy atom. The predicted molar refractivity (Wildman–Crippen MR) is 58.1 cm³/mol. The molecule has 0 aliphatic heterocycles. The summed E-state index contributed by atoms with van der Waals surface area (Å²) in [5.74, 6) is 0.582. The third kappa shape index (κ3) is 1.39. The molecule has 1 amide bonds. The maximum absolute atomic E-state index is 10.3. The lowest BCUT2D eigenvalue weighted by Gasteiger charge is -1.94. The van der Waals surface area contributed by atoms with Gasteiger partial charge in [-0.15, -0.1) is 0 Å². The Balaban J connectivity index is 2.72. The summed E-state index contributed by atoms with van der Waals surface area (Å²) in [6, 6.07) is 5.81. The lowest BCUT2D eigenvalue weighted by Crippen LogP contribution is -1.96. The first-order valence-corrected chi connectivity index (χ1v) is 4.84. The van der Waals surface area contributed by atoms with E-state index in [1.165, 1.54) is 0 Å². The molecule has 0 aliphatic rings. The van der Waals surface area contributed by atoms with Crippen LogP contribution < -0.4 is 5.32 Å². The van der Waals surface area contributed by atoms with Gasteiger partial charge >= 0.3 is 0 Å². The summed E-state index contributed by atoms with van der Waals surface area (Å²) in [6.45, 7) is 0. The SMILES string of the molecule is Cn1nc(NC=O)c2cc(Br)ccc21. The van der Waals surface area contributed by atoms with E-state index in [1.807, 2.05) is 25.2 Å². The molecule has 14 heavy (non-hydrogen) atoms. The molecule has 0 unspecified atom stereocenters. The number of aryl methyl sites for hydroxylation is 1. The van der Waals surface area contributed by atoms with Gasteiger partial charge in [-0.3, -0.25) is 9.48 Å². The molecule has 0 bridgehead atoms. The highest BCUT2D eigenvalue weighted by Gasteiger charge is 2.07. The van der Waals surface area contributed by atoms with Crippen molar-refractivity contribution in [3.63, 3.8) is 0 Å². The number of carbonyl (C=O) groups excluding carboxylic acids is 1. The van der Waals surface area contributed by atoms with Crippen LogP contribution in [0.4, 0.5) is 5.82 Å². The van der Waals surface area contributed by atoms with Gasteiger partial charge in [-0.25, -0.2) is 0 Å². The predicted octanol–water partition coefficient (Wildman–Crippen LogP) is 1.90. The summed E-state index contributed by atoms with van der Waals surface area (Å²) < 4.78 is 2.69. The van der Waals surface area contributed by atoms with Crippen molar-refractivity contribution < 1.29 is 4.79 Å². The smallest absolute Gasteiger partial charge is 0.212 e. The third-order valence-corrected chi connectivity index (χ3v) is 2.50. The minimum absolute atomic E-state index is 0.582. The van der Waals surface area contributed by atoms with Gasteiger partial charge < -0.3 is 5.32 Å². The molecule has 72 valence electrons. The van der Waals surface area contributed by atoms with Gasteiger partial charge in [0.2, 0.25) is 6.41 Å². The number of hydrogen-bond acceptors (Lipinski definition) is 2. The number of nitrogens with one attached hydrogen (secondary N) is 1. The van der Waals surface area contributed by atoms with Crippen LogP contribution in [0, 0.1) is 0 Å². The normalized spacial score (nSPS) is 10.4. The van der Waals surface area contributed by atoms with Crippen molar-refractivity contribution in [2.75, 3.05) is 5.32 Å². The molecule has 2 rings (SSSR count). The number of hydrogen-bond donors (Lipinski definition) is 1. The van der Waals surface area contributed by atoms with Crippen molar-refractivity contribution in [2.45, 2.75) is 0 Å². The maximum atomic E-state index is 10.3. The van der Waals surface area contributed by atoms with Gasteiger partial charge in [-0.05, 0) is 18.2 Å². The van der Waals surface area contributed by atoms with E-state index in [0.29, 0.717) is 12.2 Å². The Hall–Kier alpha value is -1.36. The molecular weight excluding hydrogens is 246 g/mol. The molecule has 0 atom stereocenters. The van der Waals surface area contributed by atoms with Gasteiger partial charge in [-0.2, -0.15) is 5.10 Å². The number of rotatable bonds is 2. The molecule has 0 spiro atoms. The van der Waals surface area contributed by atoms with Gasteiger partial charge in [0.15, 0.2) is 5.82 Å². The van der Waals surface area contributed by atoms with Crippen LogP contribution in [0.5, 0.6) is 0 Å². The first kappa shape index (κ1) is 9.21. The summed E-state index contributed by atoms with van der Waals surface area (Å²) >= 11 is 3.37. The summed E-state index contributed by atoms with van der Waals surface area (Å²) in [7, 11) is 1.84. The molecule has 5 heteroatoms. The number of fused-ring (bicyclic) bond motifs is 1. The molecule has 1 heterocycles. The van der Waals surface area contributed by atoms with E-state index in [9.17, 15) is 4.79 Å². The van der Waals surface area contributed by atoms with Crippen LogP contribution in [-0.2, 0) is 11.8 Å². The van der Waals surface area contributed by atoms with Crippen molar-refractivity contribution >= 4 is 39.1 Å². The van der Waals surface area contributed by atoms with Gasteiger partial charge in [0.1, 0.15) is 0 Å². The van der Waals surface area contributed by atoms with Crippen molar-refractivity contribution in [1.82, 2.24) is 9.78 Å². The molecule has 1 aromatic carbocycles. The second-order valence-electron chi connectivity index (χ2n) is 2.90. The zero-order valence-corrected chi connectivity index (χ0v) is 9.08. The van der Waals surface area contributed by atoms with E-state index in [4.69, 9.17) is 0 Å². The molecule has 4 nitrogen and oxygen atoms in total. The molecule has 0 saturated heterocycles. The fraction of sp³-hybridized carbons (Fsp3) is 0.111. The van der Waals surface area contributed by atoms with E-state index in [2.05, 4.69) is 26.3 Å². The van der Waals surface area contributed by atoms with E-state index in [1.54, 1.807) is 4.68 Å². The Bertz CT molecular complexity index is 492. The number of benzene rings is 1. The molecule has 0 saturated carbocycles. The monoisotopic (exact) mass is 253 g/mol. The topological polar surface area (TPSA) is 46.9 Å². The third-order valence-electron chi connectivity index (χ3n) is 2.01. The van der Waals surface area contributed by atoms with E-state index >= 15 is 0 Å². The Morgan fingerprint density at radius 1 is 1.57 bits per heavy atom. The standard InChI is InChI=1S/C9H8BrN3O/c1-13-8-3-2-6(10)4-7(8)9(12-13)11-5-14/h2-5H,1H3,(H,11,12,14). The zero-order valence-electron chi connectivity index (χ0n) is 7.49. The summed E-state index contributed by atoms with van der Waals surface area (Å²) in [5, 5.41) is 7.66. The molecule has 0 fully saturated rings. The van der Waals surface area contributed by atoms with Crippen LogP contribution in [0.25, 0.3) is 10.9 Å². The fourth-order valence-electron chi connectivity index (χ4n) is 1.40. The fourth-order valence-corrected chi connectivity index (χ4v) is 1.76. The number of nitrogens with zero attached hydrogens (tertiary/aromatic N) is 2. The van der Waals surface area contributed by atoms with Crippen molar-refractivity contribution in [2.24, 2.45) is 7.05 Å². The lowest BCUT2D eigenvalue weighted by molar-refractivity contribution is -0.105. The van der Waals surface area contributed by atoms with Crippen LogP contribution >= 0.6 is 15.9 Å². The second kappa shape index (κ2) is 3.42. The lowest BCUT2D eigenvalue weighted by atomic mass is 10.2. The van der Waals surface area contributed by atoms with Crippen molar-refractivity contribution in [3.8, 4) is 0 Å². The van der Waals surface area contributed by atoms with E-state index < -0.39 is 0 Å². The number of anilines is 1. The summed E-state index contributed by atoms with van der Waals surface area (Å²) in [5.41, 5.74) is 0.984.